The average Bonchev–Trinajstić information content (AvgIpc) is 2.99. The molecule has 6 nitrogen and oxygen atoms in total. The molecule has 0 saturated carbocycles. The molecule has 0 spiro atoms. The molecule has 2 heterocycles. The number of hydrogen-bond donors (Lipinski definition) is 2. The number of amidine groups is 1. The van der Waals surface area contributed by atoms with Gasteiger partial charge < -0.3 is 0 Å². The normalized spacial score (nSPS) is 14.4. The van der Waals surface area contributed by atoms with Crippen molar-refractivity contribution in [2.45, 2.75) is 0 Å². The smallest absolute Gasteiger partial charge is 0.177 e. The van der Waals surface area contributed by atoms with Crippen molar-refractivity contribution < 1.29 is 0 Å². The minimum atomic E-state index is 0.392. The van der Waals surface area contributed by atoms with Crippen LogP contribution in [0, 0.1) is 0 Å². The Labute approximate surface area is 129 Å². The zero-order valence-corrected chi connectivity index (χ0v) is 12.5. The Balaban J connectivity index is 2.09. The van der Waals surface area contributed by atoms with Gasteiger partial charge in [-0.1, -0.05) is 40.9 Å². The van der Waals surface area contributed by atoms with Gasteiger partial charge in [0, 0.05) is 7.05 Å². The van der Waals surface area contributed by atoms with Crippen LogP contribution in [-0.2, 0) is 0 Å². The van der Waals surface area contributed by atoms with Gasteiger partial charge in [-0.25, -0.2) is 10.2 Å². The van der Waals surface area contributed by atoms with Crippen LogP contribution < -0.4 is 11.1 Å². The van der Waals surface area contributed by atoms with E-state index in [1.165, 1.54) is 4.68 Å². The summed E-state index contributed by atoms with van der Waals surface area (Å²) in [4.78, 5) is 0. The van der Waals surface area contributed by atoms with Crippen molar-refractivity contribution in [3.63, 3.8) is 0 Å². The largest absolute Gasteiger partial charge is 0.274 e. The predicted octanol–water partition coefficient (Wildman–Crippen LogP) is 2.45. The van der Waals surface area contributed by atoms with E-state index in [2.05, 4.69) is 21.3 Å². The summed E-state index contributed by atoms with van der Waals surface area (Å²) in [6.45, 7) is 0. The van der Waals surface area contributed by atoms with Crippen LogP contribution in [0.1, 0.15) is 5.56 Å². The lowest BCUT2D eigenvalue weighted by Gasteiger charge is -2.11. The van der Waals surface area contributed by atoms with Crippen molar-refractivity contribution in [3.8, 4) is 5.69 Å². The highest BCUT2D eigenvalue weighted by Gasteiger charge is 2.22. The molecular formula is C11H9Cl3N6. The van der Waals surface area contributed by atoms with Crippen molar-refractivity contribution in [1.82, 2.24) is 25.9 Å². The molecule has 1 aliphatic heterocycles. The summed E-state index contributed by atoms with van der Waals surface area (Å²) in [6, 6.07) is 5.27. The molecular weight excluding hydrogens is 323 g/mol. The van der Waals surface area contributed by atoms with E-state index in [9.17, 15) is 0 Å². The first-order chi connectivity index (χ1) is 9.59. The summed E-state index contributed by atoms with van der Waals surface area (Å²) >= 11 is 18.5. The lowest BCUT2D eigenvalue weighted by Crippen LogP contribution is -2.37. The molecule has 0 unspecified atom stereocenters. The molecule has 0 saturated heterocycles. The van der Waals surface area contributed by atoms with Gasteiger partial charge in [0.25, 0.3) is 0 Å². The second-order valence-electron chi connectivity index (χ2n) is 4.05. The Morgan fingerprint density at radius 3 is 2.70 bits per heavy atom. The third-order valence-corrected chi connectivity index (χ3v) is 3.98. The second kappa shape index (κ2) is 5.14. The fourth-order valence-corrected chi connectivity index (χ4v) is 2.47. The molecule has 0 fully saturated rings. The van der Waals surface area contributed by atoms with Gasteiger partial charge in [0.1, 0.15) is 5.15 Å². The number of aromatic nitrogens is 2. The quantitative estimate of drug-likeness (QED) is 0.887. The van der Waals surface area contributed by atoms with Crippen LogP contribution in [0.3, 0.4) is 0 Å². The van der Waals surface area contributed by atoms with Gasteiger partial charge in [0.05, 0.1) is 27.5 Å². The first kappa shape index (κ1) is 13.5. The SMILES string of the molecule is CN1NNN=C1c1cnn(-c2cccc(Cl)c2Cl)c1Cl. The molecule has 1 aromatic heterocycles. The third-order valence-electron chi connectivity index (χ3n) is 2.81. The van der Waals surface area contributed by atoms with Crippen molar-refractivity contribution in [2.75, 3.05) is 7.05 Å². The van der Waals surface area contributed by atoms with Crippen LogP contribution >= 0.6 is 34.8 Å². The third kappa shape index (κ3) is 2.10. The molecule has 2 aromatic rings. The highest BCUT2D eigenvalue weighted by molar-refractivity contribution is 6.43. The topological polar surface area (TPSA) is 57.5 Å². The summed E-state index contributed by atoms with van der Waals surface area (Å²) in [5, 5.41) is 11.2. The van der Waals surface area contributed by atoms with Gasteiger partial charge in [0.2, 0.25) is 0 Å². The zero-order chi connectivity index (χ0) is 14.3. The van der Waals surface area contributed by atoms with Gasteiger partial charge in [-0.15, -0.1) is 10.6 Å². The molecule has 20 heavy (non-hydrogen) atoms. The molecule has 0 amide bonds. The number of nitrogens with zero attached hydrogens (tertiary/aromatic N) is 4. The summed E-state index contributed by atoms with van der Waals surface area (Å²) in [5.41, 5.74) is 6.72. The van der Waals surface area contributed by atoms with Gasteiger partial charge in [-0.05, 0) is 12.1 Å². The maximum absolute atomic E-state index is 6.36. The van der Waals surface area contributed by atoms with E-state index in [1.54, 1.807) is 36.5 Å². The summed E-state index contributed by atoms with van der Waals surface area (Å²) in [5.74, 6) is 0.624. The van der Waals surface area contributed by atoms with E-state index in [0.29, 0.717) is 32.3 Å². The maximum atomic E-state index is 6.36. The Hall–Kier alpha value is -1.47. The minimum absolute atomic E-state index is 0.392. The molecule has 1 aromatic carbocycles. The van der Waals surface area contributed by atoms with Crippen molar-refractivity contribution in [2.24, 2.45) is 5.10 Å². The fraction of sp³-hybridized carbons (Fsp3) is 0.0909. The number of nitrogens with one attached hydrogen (secondary N) is 2. The summed E-state index contributed by atoms with van der Waals surface area (Å²) in [7, 11) is 1.80. The summed E-state index contributed by atoms with van der Waals surface area (Å²) < 4.78 is 1.51. The maximum Gasteiger partial charge on any atom is 0.177 e. The van der Waals surface area contributed by atoms with Crippen LogP contribution in [0.25, 0.3) is 5.69 Å². The Kier molecular flexibility index (Phi) is 3.47. The molecule has 2 N–H and O–H groups in total. The van der Waals surface area contributed by atoms with Crippen LogP contribution in [0.4, 0.5) is 0 Å². The Morgan fingerprint density at radius 2 is 2.00 bits per heavy atom. The Morgan fingerprint density at radius 1 is 1.20 bits per heavy atom. The monoisotopic (exact) mass is 330 g/mol. The zero-order valence-electron chi connectivity index (χ0n) is 10.2. The van der Waals surface area contributed by atoms with E-state index in [-0.39, 0.29) is 0 Å². The predicted molar refractivity (Wildman–Crippen MR) is 79.2 cm³/mol. The number of benzene rings is 1. The van der Waals surface area contributed by atoms with Crippen molar-refractivity contribution in [3.05, 3.63) is 45.2 Å². The van der Waals surface area contributed by atoms with E-state index >= 15 is 0 Å². The van der Waals surface area contributed by atoms with E-state index in [4.69, 9.17) is 34.8 Å². The standard InChI is InChI=1S/C11H9Cl3N6/c1-19-11(16-17-18-19)6-5-15-20(10(6)14)8-4-2-3-7(12)9(8)13/h2-5,17-18H,1H3. The Bertz CT molecular complexity index is 695. The molecule has 0 radical (unpaired) electrons. The fourth-order valence-electron chi connectivity index (χ4n) is 1.83. The van der Waals surface area contributed by atoms with Gasteiger partial charge in [0.15, 0.2) is 5.84 Å². The average molecular weight is 332 g/mol. The highest BCUT2D eigenvalue weighted by atomic mass is 35.5. The second-order valence-corrected chi connectivity index (χ2v) is 5.20. The number of hydrazine groups is 2. The van der Waals surface area contributed by atoms with Gasteiger partial charge >= 0.3 is 0 Å². The van der Waals surface area contributed by atoms with Crippen molar-refractivity contribution >= 4 is 40.6 Å². The molecule has 0 bridgehead atoms. The lowest BCUT2D eigenvalue weighted by atomic mass is 10.3. The number of hydrogen-bond acceptors (Lipinski definition) is 5. The molecule has 0 aliphatic carbocycles. The van der Waals surface area contributed by atoms with Crippen LogP contribution in [0.2, 0.25) is 15.2 Å². The van der Waals surface area contributed by atoms with Gasteiger partial charge in [-0.3, -0.25) is 5.01 Å². The first-order valence-electron chi connectivity index (χ1n) is 5.60. The van der Waals surface area contributed by atoms with Crippen molar-refractivity contribution in [1.29, 1.82) is 0 Å². The minimum Gasteiger partial charge on any atom is -0.274 e. The molecule has 0 atom stereocenters. The van der Waals surface area contributed by atoms with Crippen LogP contribution in [0.5, 0.6) is 0 Å². The molecule has 1 aliphatic rings. The van der Waals surface area contributed by atoms with Crippen LogP contribution in [-0.4, -0.2) is 27.7 Å². The molecule has 9 heteroatoms. The van der Waals surface area contributed by atoms with E-state index < -0.39 is 0 Å². The number of rotatable bonds is 2. The van der Waals surface area contributed by atoms with Crippen LogP contribution in [0.15, 0.2) is 29.5 Å². The first-order valence-corrected chi connectivity index (χ1v) is 6.73. The van der Waals surface area contributed by atoms with E-state index in [0.717, 1.165) is 0 Å². The lowest BCUT2D eigenvalue weighted by molar-refractivity contribution is 0.349. The number of halogens is 3. The molecule has 3 rings (SSSR count). The summed E-state index contributed by atoms with van der Waals surface area (Å²) in [6.07, 6.45) is 1.61. The van der Waals surface area contributed by atoms with E-state index in [1.807, 2.05) is 0 Å². The number of hydrazone groups is 1. The van der Waals surface area contributed by atoms with Gasteiger partial charge in [-0.2, -0.15) is 5.10 Å². The molecule has 104 valence electrons. The highest BCUT2D eigenvalue weighted by Crippen LogP contribution is 2.31.